The quantitative estimate of drug-likeness (QED) is 0.793. The van der Waals surface area contributed by atoms with Gasteiger partial charge in [0.2, 0.25) is 5.91 Å². The first-order chi connectivity index (χ1) is 9.49. The minimum Gasteiger partial charge on any atom is -0.342 e. The van der Waals surface area contributed by atoms with E-state index >= 15 is 0 Å². The monoisotopic (exact) mass is 280 g/mol. The first-order valence-electron chi connectivity index (χ1n) is 8.52. The maximum absolute atomic E-state index is 12.0. The molecule has 0 spiro atoms. The molecular formula is C17H32N2O. The number of hydrogen-bond acceptors (Lipinski definition) is 2. The lowest BCUT2D eigenvalue weighted by Crippen LogP contribution is -2.49. The van der Waals surface area contributed by atoms with Crippen molar-refractivity contribution in [2.24, 2.45) is 17.8 Å². The van der Waals surface area contributed by atoms with Crippen LogP contribution in [-0.4, -0.2) is 47.9 Å². The summed E-state index contributed by atoms with van der Waals surface area (Å²) in [6.07, 6.45) is 5.07. The standard InChI is InChI=1S/C17H32N2O/c1-13(2)15-5-9-18(10-6-15)16-7-11-19(12-8-16)17(20)14(3)4/h13-16H,5-12H2,1-4H3. The largest absolute Gasteiger partial charge is 0.342 e. The van der Waals surface area contributed by atoms with E-state index in [1.165, 1.54) is 38.8 Å². The van der Waals surface area contributed by atoms with Gasteiger partial charge in [0.15, 0.2) is 0 Å². The highest BCUT2D eigenvalue weighted by Gasteiger charge is 2.30. The van der Waals surface area contributed by atoms with Crippen LogP contribution in [0.15, 0.2) is 0 Å². The topological polar surface area (TPSA) is 23.6 Å². The fraction of sp³-hybridized carbons (Fsp3) is 0.941. The number of carbonyl (C=O) groups is 1. The van der Waals surface area contributed by atoms with Crippen molar-refractivity contribution in [3.63, 3.8) is 0 Å². The maximum atomic E-state index is 12.0. The number of amides is 1. The number of piperidine rings is 2. The minimum absolute atomic E-state index is 0.147. The summed E-state index contributed by atoms with van der Waals surface area (Å²) < 4.78 is 0. The van der Waals surface area contributed by atoms with Crippen LogP contribution in [-0.2, 0) is 4.79 Å². The third-order valence-corrected chi connectivity index (χ3v) is 5.30. The van der Waals surface area contributed by atoms with Crippen molar-refractivity contribution in [2.45, 2.75) is 59.4 Å². The van der Waals surface area contributed by atoms with Crippen LogP contribution in [0.3, 0.4) is 0 Å². The van der Waals surface area contributed by atoms with Crippen molar-refractivity contribution in [3.05, 3.63) is 0 Å². The molecule has 2 rings (SSSR count). The summed E-state index contributed by atoms with van der Waals surface area (Å²) in [6, 6.07) is 0.722. The van der Waals surface area contributed by atoms with Crippen LogP contribution >= 0.6 is 0 Å². The van der Waals surface area contributed by atoms with Crippen LogP contribution in [0.1, 0.15) is 53.4 Å². The molecule has 116 valence electrons. The molecule has 0 aromatic rings. The maximum Gasteiger partial charge on any atom is 0.225 e. The lowest BCUT2D eigenvalue weighted by Gasteiger charge is -2.42. The number of carbonyl (C=O) groups excluding carboxylic acids is 1. The molecule has 3 heteroatoms. The molecule has 0 saturated carbocycles. The van der Waals surface area contributed by atoms with Gasteiger partial charge in [0.1, 0.15) is 0 Å². The van der Waals surface area contributed by atoms with Crippen molar-refractivity contribution in [2.75, 3.05) is 26.2 Å². The Morgan fingerprint density at radius 1 is 0.900 bits per heavy atom. The van der Waals surface area contributed by atoms with E-state index in [-0.39, 0.29) is 5.92 Å². The van der Waals surface area contributed by atoms with E-state index in [9.17, 15) is 4.79 Å². The van der Waals surface area contributed by atoms with Crippen LogP contribution in [0.2, 0.25) is 0 Å². The molecule has 2 aliphatic heterocycles. The average Bonchev–Trinajstić information content (AvgIpc) is 2.46. The Morgan fingerprint density at radius 2 is 1.45 bits per heavy atom. The van der Waals surface area contributed by atoms with Crippen molar-refractivity contribution in [3.8, 4) is 0 Å². The Hall–Kier alpha value is -0.570. The summed E-state index contributed by atoms with van der Waals surface area (Å²) in [6.45, 7) is 13.2. The van der Waals surface area contributed by atoms with Crippen LogP contribution in [0.5, 0.6) is 0 Å². The zero-order valence-corrected chi connectivity index (χ0v) is 13.8. The fourth-order valence-corrected chi connectivity index (χ4v) is 3.77. The number of nitrogens with zero attached hydrogens (tertiary/aromatic N) is 2. The summed E-state index contributed by atoms with van der Waals surface area (Å²) in [4.78, 5) is 16.8. The van der Waals surface area contributed by atoms with E-state index in [0.29, 0.717) is 5.91 Å². The lowest BCUT2D eigenvalue weighted by atomic mass is 9.85. The van der Waals surface area contributed by atoms with Gasteiger partial charge in [0.25, 0.3) is 0 Å². The van der Waals surface area contributed by atoms with Gasteiger partial charge >= 0.3 is 0 Å². The fourth-order valence-electron chi connectivity index (χ4n) is 3.77. The highest BCUT2D eigenvalue weighted by molar-refractivity contribution is 5.78. The molecule has 1 amide bonds. The zero-order chi connectivity index (χ0) is 14.7. The molecule has 3 nitrogen and oxygen atoms in total. The van der Waals surface area contributed by atoms with E-state index < -0.39 is 0 Å². The zero-order valence-electron chi connectivity index (χ0n) is 13.8. The molecule has 2 saturated heterocycles. The summed E-state index contributed by atoms with van der Waals surface area (Å²) in [5.74, 6) is 2.24. The van der Waals surface area contributed by atoms with Gasteiger partial charge in [0, 0.05) is 25.0 Å². The van der Waals surface area contributed by atoms with Crippen molar-refractivity contribution in [1.29, 1.82) is 0 Å². The molecular weight excluding hydrogens is 248 g/mol. The third kappa shape index (κ3) is 3.75. The predicted molar refractivity (Wildman–Crippen MR) is 83.6 cm³/mol. The number of rotatable bonds is 3. The molecule has 0 atom stereocenters. The molecule has 0 radical (unpaired) electrons. The van der Waals surface area contributed by atoms with E-state index in [4.69, 9.17) is 0 Å². The van der Waals surface area contributed by atoms with E-state index in [1.54, 1.807) is 0 Å². The Balaban J connectivity index is 1.76. The summed E-state index contributed by atoms with van der Waals surface area (Å²) in [5, 5.41) is 0. The van der Waals surface area contributed by atoms with Crippen LogP contribution in [0, 0.1) is 17.8 Å². The Labute approximate surface area is 124 Å². The number of hydrogen-bond donors (Lipinski definition) is 0. The van der Waals surface area contributed by atoms with Crippen molar-refractivity contribution >= 4 is 5.91 Å². The van der Waals surface area contributed by atoms with Gasteiger partial charge in [-0.25, -0.2) is 0 Å². The SMILES string of the molecule is CC(C)C(=O)N1CCC(N2CCC(C(C)C)CC2)CC1. The molecule has 0 unspecified atom stereocenters. The van der Waals surface area contributed by atoms with E-state index in [0.717, 1.165) is 31.0 Å². The molecule has 0 aliphatic carbocycles. The van der Waals surface area contributed by atoms with Gasteiger partial charge < -0.3 is 9.80 Å². The van der Waals surface area contributed by atoms with Crippen molar-refractivity contribution in [1.82, 2.24) is 9.80 Å². The Bertz CT molecular complexity index is 311. The molecule has 0 aromatic carbocycles. The van der Waals surface area contributed by atoms with E-state index in [2.05, 4.69) is 23.6 Å². The second kappa shape index (κ2) is 6.93. The molecule has 2 aliphatic rings. The predicted octanol–water partition coefficient (Wildman–Crippen LogP) is 3.00. The van der Waals surface area contributed by atoms with Gasteiger partial charge in [0.05, 0.1) is 0 Å². The molecule has 0 aromatic heterocycles. The molecule has 20 heavy (non-hydrogen) atoms. The van der Waals surface area contributed by atoms with Crippen LogP contribution < -0.4 is 0 Å². The van der Waals surface area contributed by atoms with Gasteiger partial charge in [-0.2, -0.15) is 0 Å². The number of likely N-dealkylation sites (tertiary alicyclic amines) is 2. The lowest BCUT2D eigenvalue weighted by molar-refractivity contribution is -0.136. The van der Waals surface area contributed by atoms with Gasteiger partial charge in [-0.1, -0.05) is 27.7 Å². The third-order valence-electron chi connectivity index (χ3n) is 5.30. The van der Waals surface area contributed by atoms with Crippen molar-refractivity contribution < 1.29 is 4.79 Å². The second-order valence-corrected chi connectivity index (χ2v) is 7.33. The van der Waals surface area contributed by atoms with E-state index in [1.807, 2.05) is 13.8 Å². The first-order valence-corrected chi connectivity index (χ1v) is 8.52. The summed E-state index contributed by atoms with van der Waals surface area (Å²) in [5.41, 5.74) is 0. The van der Waals surface area contributed by atoms with Gasteiger partial charge in [-0.3, -0.25) is 4.79 Å². The van der Waals surface area contributed by atoms with Crippen LogP contribution in [0.4, 0.5) is 0 Å². The molecule has 2 fully saturated rings. The minimum atomic E-state index is 0.147. The Morgan fingerprint density at radius 3 is 1.90 bits per heavy atom. The molecule has 0 N–H and O–H groups in total. The Kier molecular flexibility index (Phi) is 5.48. The first kappa shape index (κ1) is 15.8. The average molecular weight is 280 g/mol. The summed E-state index contributed by atoms with van der Waals surface area (Å²) in [7, 11) is 0. The highest BCUT2D eigenvalue weighted by atomic mass is 16.2. The smallest absolute Gasteiger partial charge is 0.225 e. The van der Waals surface area contributed by atoms with Crippen LogP contribution in [0.25, 0.3) is 0 Å². The second-order valence-electron chi connectivity index (χ2n) is 7.33. The van der Waals surface area contributed by atoms with Gasteiger partial charge in [-0.15, -0.1) is 0 Å². The summed E-state index contributed by atoms with van der Waals surface area (Å²) >= 11 is 0. The van der Waals surface area contributed by atoms with Gasteiger partial charge in [-0.05, 0) is 50.6 Å². The highest BCUT2D eigenvalue weighted by Crippen LogP contribution is 2.28. The molecule has 2 heterocycles. The normalized spacial score (nSPS) is 23.8. The molecule has 0 bridgehead atoms.